The average molecular weight is 433 g/mol. The standard InChI is InChI=1S/C21H22BrFN2O2/c1-21(20(27)24-13-15-4-2-5-18(23)12-15)10-3-11-25(14-21)19(26)16-6-8-17(22)9-7-16/h2,4-9,12H,3,10-11,13-14H2,1H3,(H,24,27)/t21-/m1/s1. The van der Waals surface area contributed by atoms with Crippen molar-refractivity contribution in [3.8, 4) is 0 Å². The van der Waals surface area contributed by atoms with Gasteiger partial charge < -0.3 is 10.2 Å². The minimum atomic E-state index is -0.656. The summed E-state index contributed by atoms with van der Waals surface area (Å²) in [4.78, 5) is 27.3. The fraction of sp³-hybridized carbons (Fsp3) is 0.333. The van der Waals surface area contributed by atoms with E-state index in [2.05, 4.69) is 21.2 Å². The van der Waals surface area contributed by atoms with Crippen LogP contribution in [0, 0.1) is 11.2 Å². The SMILES string of the molecule is C[C@@]1(C(=O)NCc2cccc(F)c2)CCCN(C(=O)c2ccc(Br)cc2)C1. The Morgan fingerprint density at radius 1 is 1.22 bits per heavy atom. The molecule has 1 heterocycles. The van der Waals surface area contributed by atoms with Crippen molar-refractivity contribution in [2.75, 3.05) is 13.1 Å². The Balaban J connectivity index is 1.65. The summed E-state index contributed by atoms with van der Waals surface area (Å²) in [6, 6.07) is 13.4. The molecule has 0 radical (unpaired) electrons. The molecule has 142 valence electrons. The van der Waals surface area contributed by atoms with Crippen LogP contribution in [0.2, 0.25) is 0 Å². The van der Waals surface area contributed by atoms with Gasteiger partial charge in [-0.25, -0.2) is 4.39 Å². The van der Waals surface area contributed by atoms with E-state index in [1.54, 1.807) is 29.2 Å². The fourth-order valence-corrected chi connectivity index (χ4v) is 3.68. The van der Waals surface area contributed by atoms with E-state index in [-0.39, 0.29) is 24.2 Å². The Labute approximate surface area is 166 Å². The zero-order valence-electron chi connectivity index (χ0n) is 15.2. The van der Waals surface area contributed by atoms with E-state index in [0.29, 0.717) is 30.6 Å². The minimum absolute atomic E-state index is 0.0636. The third-order valence-corrected chi connectivity index (χ3v) is 5.49. The first-order valence-corrected chi connectivity index (χ1v) is 9.74. The molecule has 0 spiro atoms. The van der Waals surface area contributed by atoms with Crippen molar-refractivity contribution < 1.29 is 14.0 Å². The normalized spacial score (nSPS) is 19.6. The number of amides is 2. The second-order valence-corrected chi connectivity index (χ2v) is 8.13. The van der Waals surface area contributed by atoms with E-state index < -0.39 is 5.41 Å². The molecule has 6 heteroatoms. The van der Waals surface area contributed by atoms with Crippen LogP contribution in [0.1, 0.15) is 35.7 Å². The lowest BCUT2D eigenvalue weighted by atomic mass is 9.80. The zero-order chi connectivity index (χ0) is 19.4. The van der Waals surface area contributed by atoms with E-state index in [1.165, 1.54) is 12.1 Å². The lowest BCUT2D eigenvalue weighted by Gasteiger charge is -2.39. The molecule has 4 nitrogen and oxygen atoms in total. The third-order valence-electron chi connectivity index (χ3n) is 4.97. The number of piperidine rings is 1. The fourth-order valence-electron chi connectivity index (χ4n) is 3.42. The summed E-state index contributed by atoms with van der Waals surface area (Å²) in [7, 11) is 0. The molecule has 2 aromatic rings. The van der Waals surface area contributed by atoms with Gasteiger partial charge in [0.1, 0.15) is 5.82 Å². The van der Waals surface area contributed by atoms with Crippen LogP contribution in [-0.2, 0) is 11.3 Å². The molecule has 2 aromatic carbocycles. The lowest BCUT2D eigenvalue weighted by Crippen LogP contribution is -2.51. The van der Waals surface area contributed by atoms with Gasteiger partial charge in [0.2, 0.25) is 5.91 Å². The summed E-state index contributed by atoms with van der Waals surface area (Å²) in [5, 5.41) is 2.89. The number of rotatable bonds is 4. The van der Waals surface area contributed by atoms with Gasteiger partial charge in [0, 0.05) is 29.7 Å². The molecule has 1 aliphatic rings. The molecule has 0 aliphatic carbocycles. The highest BCUT2D eigenvalue weighted by Gasteiger charge is 2.39. The highest BCUT2D eigenvalue weighted by atomic mass is 79.9. The highest BCUT2D eigenvalue weighted by Crippen LogP contribution is 2.31. The van der Waals surface area contributed by atoms with Crippen molar-refractivity contribution >= 4 is 27.7 Å². The summed E-state index contributed by atoms with van der Waals surface area (Å²) in [5.41, 5.74) is 0.671. The van der Waals surface area contributed by atoms with Gasteiger partial charge in [0.25, 0.3) is 5.91 Å². The van der Waals surface area contributed by atoms with Gasteiger partial charge in [-0.1, -0.05) is 28.1 Å². The number of carbonyl (C=O) groups excluding carboxylic acids is 2. The van der Waals surface area contributed by atoms with Gasteiger partial charge in [0.05, 0.1) is 5.41 Å². The Kier molecular flexibility index (Phi) is 5.95. The number of benzene rings is 2. The first kappa shape index (κ1) is 19.5. The maximum Gasteiger partial charge on any atom is 0.253 e. The van der Waals surface area contributed by atoms with Crippen LogP contribution in [0.4, 0.5) is 4.39 Å². The van der Waals surface area contributed by atoms with E-state index in [9.17, 15) is 14.0 Å². The first-order chi connectivity index (χ1) is 12.9. The van der Waals surface area contributed by atoms with Crippen LogP contribution in [0.15, 0.2) is 53.0 Å². The van der Waals surface area contributed by atoms with E-state index >= 15 is 0 Å². The number of hydrogen-bond acceptors (Lipinski definition) is 2. The molecular formula is C21H22BrFN2O2. The van der Waals surface area contributed by atoms with Crippen LogP contribution in [-0.4, -0.2) is 29.8 Å². The molecule has 27 heavy (non-hydrogen) atoms. The van der Waals surface area contributed by atoms with E-state index in [0.717, 1.165) is 10.9 Å². The summed E-state index contributed by atoms with van der Waals surface area (Å²) in [6.45, 7) is 3.17. The molecule has 1 saturated heterocycles. The number of hydrogen-bond donors (Lipinski definition) is 1. The molecular weight excluding hydrogens is 411 g/mol. The van der Waals surface area contributed by atoms with Gasteiger partial charge in [-0.2, -0.15) is 0 Å². The van der Waals surface area contributed by atoms with Crippen LogP contribution in [0.3, 0.4) is 0 Å². The molecule has 2 amide bonds. The Morgan fingerprint density at radius 2 is 1.96 bits per heavy atom. The Morgan fingerprint density at radius 3 is 2.67 bits per heavy atom. The van der Waals surface area contributed by atoms with Gasteiger partial charge in [-0.15, -0.1) is 0 Å². The number of nitrogens with zero attached hydrogens (tertiary/aromatic N) is 1. The van der Waals surface area contributed by atoms with Crippen LogP contribution in [0.5, 0.6) is 0 Å². The summed E-state index contributed by atoms with van der Waals surface area (Å²) >= 11 is 3.37. The van der Waals surface area contributed by atoms with Crippen LogP contribution < -0.4 is 5.32 Å². The average Bonchev–Trinajstić information content (AvgIpc) is 2.66. The quantitative estimate of drug-likeness (QED) is 0.788. The second-order valence-electron chi connectivity index (χ2n) is 7.21. The maximum absolute atomic E-state index is 13.3. The van der Waals surface area contributed by atoms with Gasteiger partial charge in [-0.05, 0) is 61.7 Å². The Bertz CT molecular complexity index is 840. The molecule has 1 N–H and O–H groups in total. The summed E-state index contributed by atoms with van der Waals surface area (Å²) < 4.78 is 14.2. The molecule has 1 aliphatic heterocycles. The summed E-state index contributed by atoms with van der Waals surface area (Å²) in [6.07, 6.45) is 1.48. The highest BCUT2D eigenvalue weighted by molar-refractivity contribution is 9.10. The van der Waals surface area contributed by atoms with Gasteiger partial charge in [0.15, 0.2) is 0 Å². The Hall–Kier alpha value is -2.21. The van der Waals surface area contributed by atoms with Crippen molar-refractivity contribution in [1.82, 2.24) is 10.2 Å². The molecule has 0 saturated carbocycles. The third kappa shape index (κ3) is 4.75. The monoisotopic (exact) mass is 432 g/mol. The summed E-state index contributed by atoms with van der Waals surface area (Å²) in [5.74, 6) is -0.497. The number of halogens is 2. The number of nitrogens with one attached hydrogen (secondary N) is 1. The van der Waals surface area contributed by atoms with E-state index in [4.69, 9.17) is 0 Å². The lowest BCUT2D eigenvalue weighted by molar-refractivity contribution is -0.132. The predicted molar refractivity (Wildman–Crippen MR) is 106 cm³/mol. The zero-order valence-corrected chi connectivity index (χ0v) is 16.8. The molecule has 3 rings (SSSR count). The van der Waals surface area contributed by atoms with Crippen LogP contribution in [0.25, 0.3) is 0 Å². The second kappa shape index (κ2) is 8.21. The molecule has 1 fully saturated rings. The van der Waals surface area contributed by atoms with Crippen molar-refractivity contribution in [3.63, 3.8) is 0 Å². The van der Waals surface area contributed by atoms with Gasteiger partial charge >= 0.3 is 0 Å². The van der Waals surface area contributed by atoms with E-state index in [1.807, 2.05) is 19.1 Å². The molecule has 1 atom stereocenters. The molecule has 0 aromatic heterocycles. The van der Waals surface area contributed by atoms with Crippen molar-refractivity contribution in [2.45, 2.75) is 26.3 Å². The van der Waals surface area contributed by atoms with Crippen molar-refractivity contribution in [2.24, 2.45) is 5.41 Å². The molecule has 0 unspecified atom stereocenters. The van der Waals surface area contributed by atoms with Crippen molar-refractivity contribution in [1.29, 1.82) is 0 Å². The maximum atomic E-state index is 13.3. The predicted octanol–water partition coefficient (Wildman–Crippen LogP) is 4.15. The number of carbonyl (C=O) groups is 2. The topological polar surface area (TPSA) is 49.4 Å². The van der Waals surface area contributed by atoms with Crippen LogP contribution >= 0.6 is 15.9 Å². The smallest absolute Gasteiger partial charge is 0.253 e. The van der Waals surface area contributed by atoms with Gasteiger partial charge in [-0.3, -0.25) is 9.59 Å². The number of likely N-dealkylation sites (tertiary alicyclic amines) is 1. The first-order valence-electron chi connectivity index (χ1n) is 8.95. The molecule has 0 bridgehead atoms. The largest absolute Gasteiger partial charge is 0.351 e. The minimum Gasteiger partial charge on any atom is -0.351 e. The van der Waals surface area contributed by atoms with Crippen molar-refractivity contribution in [3.05, 3.63) is 69.9 Å².